The van der Waals surface area contributed by atoms with Crippen LogP contribution >= 0.6 is 0 Å². The number of hydrogen-bond donors (Lipinski definition) is 0. The summed E-state index contributed by atoms with van der Waals surface area (Å²) in [6.45, 7) is 5.64. The topological polar surface area (TPSA) is 81.5 Å². The van der Waals surface area contributed by atoms with E-state index >= 15 is 0 Å². The number of esters is 1. The third-order valence-electron chi connectivity index (χ3n) is 4.14. The molecule has 1 aliphatic heterocycles. The fourth-order valence-electron chi connectivity index (χ4n) is 2.96. The minimum absolute atomic E-state index is 0.0594. The van der Waals surface area contributed by atoms with E-state index in [-0.39, 0.29) is 36.1 Å². The zero-order valence-corrected chi connectivity index (χ0v) is 15.1. The molecule has 1 aliphatic rings. The Morgan fingerprint density at radius 3 is 2.69 bits per heavy atom. The molecule has 2 aromatic rings. The summed E-state index contributed by atoms with van der Waals surface area (Å²) >= 11 is 0. The number of allylic oxidation sites excluding steroid dienone is 1. The van der Waals surface area contributed by atoms with Gasteiger partial charge in [0.2, 0.25) is 5.91 Å². The van der Waals surface area contributed by atoms with Gasteiger partial charge in [0.25, 0.3) is 5.56 Å². The van der Waals surface area contributed by atoms with E-state index in [1.54, 1.807) is 37.3 Å². The predicted octanol–water partition coefficient (Wildman–Crippen LogP) is 2.23. The fourth-order valence-corrected chi connectivity index (χ4v) is 2.96. The van der Waals surface area contributed by atoms with Crippen LogP contribution in [0.15, 0.2) is 40.8 Å². The smallest absolute Gasteiger partial charge is 0.356 e. The van der Waals surface area contributed by atoms with Crippen molar-refractivity contribution in [1.82, 2.24) is 9.66 Å². The first kappa shape index (κ1) is 17.8. The molecular weight excluding hydrogens is 334 g/mol. The number of aromatic nitrogens is 2. The Labute approximate surface area is 150 Å². The van der Waals surface area contributed by atoms with Gasteiger partial charge in [0, 0.05) is 12.3 Å². The number of fused-ring (bicyclic) bond motifs is 1. The zero-order valence-electron chi connectivity index (χ0n) is 15.1. The summed E-state index contributed by atoms with van der Waals surface area (Å²) < 4.78 is 6.29. The van der Waals surface area contributed by atoms with Crippen LogP contribution in [0.25, 0.3) is 10.9 Å². The summed E-state index contributed by atoms with van der Waals surface area (Å²) in [5, 5.41) is 1.51. The third-order valence-corrected chi connectivity index (χ3v) is 4.14. The number of benzene rings is 1. The van der Waals surface area contributed by atoms with Crippen LogP contribution in [-0.4, -0.2) is 28.1 Å². The lowest BCUT2D eigenvalue weighted by molar-refractivity contribution is -0.140. The molecule has 1 aromatic heterocycles. The van der Waals surface area contributed by atoms with E-state index in [1.165, 1.54) is 4.68 Å². The number of carbonyl (C=O) groups excluding carboxylic acids is 2. The molecule has 136 valence electrons. The van der Waals surface area contributed by atoms with E-state index in [2.05, 4.69) is 4.98 Å². The molecule has 7 heteroatoms. The van der Waals surface area contributed by atoms with E-state index in [0.717, 1.165) is 5.01 Å². The summed E-state index contributed by atoms with van der Waals surface area (Å²) in [5.41, 5.74) is 0.234. The number of nitrogens with zero attached hydrogens (tertiary/aromatic N) is 3. The van der Waals surface area contributed by atoms with E-state index < -0.39 is 5.97 Å². The second kappa shape index (κ2) is 7.11. The molecule has 1 aromatic carbocycles. The SMILES string of the molecule is CCOC(=O)C1=CCCC(=O)N1n1c(C(C)C)nc2ccccc2c1=O. The Balaban J connectivity index is 2.29. The van der Waals surface area contributed by atoms with Gasteiger partial charge in [0.1, 0.15) is 11.5 Å². The standard InChI is InChI=1S/C19H21N3O4/c1-4-26-19(25)15-10-7-11-16(23)21(15)22-17(12(2)3)20-14-9-6-5-8-13(14)18(22)24/h5-6,8-10,12H,4,7,11H2,1-3H3. The second-order valence-corrected chi connectivity index (χ2v) is 6.31. The van der Waals surface area contributed by atoms with Crippen molar-refractivity contribution in [2.45, 2.75) is 39.5 Å². The van der Waals surface area contributed by atoms with Crippen molar-refractivity contribution in [3.05, 3.63) is 52.2 Å². The van der Waals surface area contributed by atoms with Gasteiger partial charge in [-0.1, -0.05) is 32.1 Å². The van der Waals surface area contributed by atoms with E-state index in [9.17, 15) is 14.4 Å². The summed E-state index contributed by atoms with van der Waals surface area (Å²) in [7, 11) is 0. The lowest BCUT2D eigenvalue weighted by atomic mass is 10.1. The summed E-state index contributed by atoms with van der Waals surface area (Å²) in [6.07, 6.45) is 2.26. The predicted molar refractivity (Wildman–Crippen MR) is 97.3 cm³/mol. The largest absolute Gasteiger partial charge is 0.461 e. The zero-order chi connectivity index (χ0) is 18.8. The Morgan fingerprint density at radius 1 is 1.27 bits per heavy atom. The molecule has 7 nitrogen and oxygen atoms in total. The maximum atomic E-state index is 13.2. The minimum atomic E-state index is -0.629. The van der Waals surface area contributed by atoms with Crippen LogP contribution in [0.3, 0.4) is 0 Å². The van der Waals surface area contributed by atoms with Crippen LogP contribution in [0.5, 0.6) is 0 Å². The molecule has 0 aliphatic carbocycles. The first-order valence-corrected chi connectivity index (χ1v) is 8.68. The fraction of sp³-hybridized carbons (Fsp3) is 0.368. The van der Waals surface area contributed by atoms with Gasteiger partial charge in [-0.25, -0.2) is 14.8 Å². The molecule has 26 heavy (non-hydrogen) atoms. The van der Waals surface area contributed by atoms with Gasteiger partial charge in [-0.2, -0.15) is 4.68 Å². The number of ether oxygens (including phenoxy) is 1. The van der Waals surface area contributed by atoms with Gasteiger partial charge in [0.05, 0.1) is 17.5 Å². The Kier molecular flexibility index (Phi) is 4.88. The van der Waals surface area contributed by atoms with Gasteiger partial charge >= 0.3 is 5.97 Å². The monoisotopic (exact) mass is 355 g/mol. The molecular formula is C19H21N3O4. The number of hydrogen-bond acceptors (Lipinski definition) is 5. The maximum Gasteiger partial charge on any atom is 0.356 e. The van der Waals surface area contributed by atoms with Crippen LogP contribution in [0, 0.1) is 0 Å². The highest BCUT2D eigenvalue weighted by atomic mass is 16.5. The highest BCUT2D eigenvalue weighted by Crippen LogP contribution is 2.21. The Morgan fingerprint density at radius 2 is 2.00 bits per heavy atom. The molecule has 0 saturated carbocycles. The Hall–Kier alpha value is -2.96. The van der Waals surface area contributed by atoms with Gasteiger partial charge in [-0.3, -0.25) is 9.59 Å². The number of carbonyl (C=O) groups is 2. The lowest BCUT2D eigenvalue weighted by Gasteiger charge is -2.30. The van der Waals surface area contributed by atoms with Crippen molar-refractivity contribution < 1.29 is 14.3 Å². The molecule has 0 unspecified atom stereocenters. The molecule has 3 rings (SSSR count). The molecule has 0 spiro atoms. The normalized spacial score (nSPS) is 14.7. The van der Waals surface area contributed by atoms with Crippen molar-refractivity contribution in [3.8, 4) is 0 Å². The average Bonchev–Trinajstić information content (AvgIpc) is 2.62. The molecule has 0 N–H and O–H groups in total. The van der Waals surface area contributed by atoms with E-state index in [1.807, 2.05) is 13.8 Å². The van der Waals surface area contributed by atoms with Crippen LogP contribution < -0.4 is 10.6 Å². The second-order valence-electron chi connectivity index (χ2n) is 6.31. The van der Waals surface area contributed by atoms with Crippen LogP contribution in [0.1, 0.15) is 45.4 Å². The van der Waals surface area contributed by atoms with Crippen molar-refractivity contribution in [2.75, 3.05) is 11.6 Å². The van der Waals surface area contributed by atoms with E-state index in [4.69, 9.17) is 4.74 Å². The average molecular weight is 355 g/mol. The molecule has 0 atom stereocenters. The number of para-hydroxylation sites is 1. The lowest BCUT2D eigenvalue weighted by Crippen LogP contribution is -2.51. The van der Waals surface area contributed by atoms with Crippen molar-refractivity contribution >= 4 is 22.8 Å². The van der Waals surface area contributed by atoms with Gasteiger partial charge in [-0.15, -0.1) is 0 Å². The van der Waals surface area contributed by atoms with Gasteiger partial charge in [0.15, 0.2) is 0 Å². The Bertz CT molecular complexity index is 959. The van der Waals surface area contributed by atoms with Gasteiger partial charge in [-0.05, 0) is 25.5 Å². The molecule has 0 bridgehead atoms. The highest BCUT2D eigenvalue weighted by molar-refractivity contribution is 6.03. The van der Waals surface area contributed by atoms with Crippen LogP contribution in [0.2, 0.25) is 0 Å². The summed E-state index contributed by atoms with van der Waals surface area (Å²) in [5.74, 6) is -0.684. The quantitative estimate of drug-likeness (QED) is 0.786. The highest BCUT2D eigenvalue weighted by Gasteiger charge is 2.32. The molecule has 0 fully saturated rings. The minimum Gasteiger partial charge on any atom is -0.461 e. The first-order valence-electron chi connectivity index (χ1n) is 8.68. The third kappa shape index (κ3) is 3.00. The maximum absolute atomic E-state index is 13.2. The van der Waals surface area contributed by atoms with Crippen LogP contribution in [-0.2, 0) is 14.3 Å². The van der Waals surface area contributed by atoms with Crippen molar-refractivity contribution in [3.63, 3.8) is 0 Å². The summed E-state index contributed by atoms with van der Waals surface area (Å²) in [4.78, 5) is 42.8. The van der Waals surface area contributed by atoms with E-state index in [0.29, 0.717) is 23.1 Å². The number of rotatable bonds is 4. The molecule has 2 heterocycles. The molecule has 0 radical (unpaired) electrons. The van der Waals surface area contributed by atoms with Crippen molar-refractivity contribution in [1.29, 1.82) is 0 Å². The molecule has 1 amide bonds. The molecule has 0 saturated heterocycles. The van der Waals surface area contributed by atoms with Crippen LogP contribution in [0.4, 0.5) is 0 Å². The number of amides is 1. The van der Waals surface area contributed by atoms with Gasteiger partial charge < -0.3 is 4.74 Å². The first-order chi connectivity index (χ1) is 12.5. The van der Waals surface area contributed by atoms with Crippen molar-refractivity contribution in [2.24, 2.45) is 0 Å². The summed E-state index contributed by atoms with van der Waals surface area (Å²) in [6, 6.07) is 6.96.